The van der Waals surface area contributed by atoms with E-state index < -0.39 is 0 Å². The Bertz CT molecular complexity index is 892. The number of carbonyl (C=O) groups is 1. The van der Waals surface area contributed by atoms with Crippen LogP contribution in [0.15, 0.2) is 30.5 Å². The molecule has 152 valence electrons. The van der Waals surface area contributed by atoms with Gasteiger partial charge in [0.25, 0.3) is 0 Å². The maximum Gasteiger partial charge on any atom is 0.223 e. The fraction of sp³-hybridized carbons (Fsp3) is 0.522. The highest BCUT2D eigenvalue weighted by molar-refractivity contribution is 5.95. The van der Waals surface area contributed by atoms with E-state index in [1.54, 1.807) is 6.20 Å². The van der Waals surface area contributed by atoms with Crippen LogP contribution in [0, 0.1) is 17.2 Å². The number of nitrogens with one attached hydrogen (secondary N) is 1. The monoisotopic (exact) mass is 391 g/mol. The molecule has 29 heavy (non-hydrogen) atoms. The molecule has 3 heterocycles. The molecule has 0 spiro atoms. The number of benzene rings is 1. The van der Waals surface area contributed by atoms with Crippen LogP contribution in [0.5, 0.6) is 0 Å². The molecule has 0 atom stereocenters. The largest absolute Gasteiger partial charge is 0.371 e. The van der Waals surface area contributed by atoms with Gasteiger partial charge in [-0.1, -0.05) is 6.42 Å². The summed E-state index contributed by atoms with van der Waals surface area (Å²) in [4.78, 5) is 21.8. The van der Waals surface area contributed by atoms with E-state index in [0.29, 0.717) is 5.56 Å². The average Bonchev–Trinajstić information content (AvgIpc) is 2.79. The number of nitrogens with zero attached hydrogens (tertiary/aromatic N) is 4. The van der Waals surface area contributed by atoms with E-state index in [4.69, 9.17) is 0 Å². The Morgan fingerprint density at radius 3 is 2.69 bits per heavy atom. The second-order valence-electron chi connectivity index (χ2n) is 8.10. The molecule has 1 aromatic heterocycles. The molecular weight excluding hydrogens is 362 g/mol. The van der Waals surface area contributed by atoms with Crippen LogP contribution in [0.25, 0.3) is 10.9 Å². The first kappa shape index (κ1) is 19.7. The molecule has 2 aromatic rings. The summed E-state index contributed by atoms with van der Waals surface area (Å²) < 4.78 is 0. The van der Waals surface area contributed by atoms with Crippen LogP contribution >= 0.6 is 0 Å². The van der Waals surface area contributed by atoms with Gasteiger partial charge in [-0.25, -0.2) is 0 Å². The lowest BCUT2D eigenvalue weighted by Gasteiger charge is -2.34. The Hall–Kier alpha value is -2.65. The van der Waals surface area contributed by atoms with E-state index in [1.165, 1.54) is 32.4 Å². The number of anilines is 1. The third-order valence-corrected chi connectivity index (χ3v) is 6.25. The number of carbonyl (C=O) groups excluding carboxylic acids is 1. The molecule has 2 saturated heterocycles. The molecule has 0 saturated carbocycles. The molecular formula is C23H29N5O. The molecule has 0 unspecified atom stereocenters. The van der Waals surface area contributed by atoms with E-state index in [9.17, 15) is 10.1 Å². The van der Waals surface area contributed by atoms with E-state index in [2.05, 4.69) is 26.2 Å². The lowest BCUT2D eigenvalue weighted by atomic mass is 9.95. The topological polar surface area (TPSA) is 72.3 Å². The summed E-state index contributed by atoms with van der Waals surface area (Å²) in [7, 11) is 0. The van der Waals surface area contributed by atoms with Crippen molar-refractivity contribution in [3.8, 4) is 6.07 Å². The molecule has 4 rings (SSSR count). The Balaban J connectivity index is 1.32. The average molecular weight is 392 g/mol. The normalized spacial score (nSPS) is 18.5. The van der Waals surface area contributed by atoms with Crippen molar-refractivity contribution >= 4 is 22.5 Å². The standard InChI is InChI=1S/C23H29N5O/c24-17-19-6-7-21(20-5-4-10-25-22(19)20)28-14-8-18(9-15-28)23(29)26-11-16-27-12-2-1-3-13-27/h4-7,10,18H,1-3,8-9,11-16H2,(H,26,29). The first-order chi connectivity index (χ1) is 14.3. The molecule has 0 aliphatic carbocycles. The molecule has 6 nitrogen and oxygen atoms in total. The van der Waals surface area contributed by atoms with Gasteiger partial charge in [0.2, 0.25) is 5.91 Å². The van der Waals surface area contributed by atoms with Gasteiger partial charge >= 0.3 is 0 Å². The summed E-state index contributed by atoms with van der Waals surface area (Å²) in [5.74, 6) is 0.295. The lowest BCUT2D eigenvalue weighted by Crippen LogP contribution is -2.43. The molecule has 0 radical (unpaired) electrons. The SMILES string of the molecule is N#Cc1ccc(N2CCC(C(=O)NCCN3CCCCC3)CC2)c2cccnc12. The highest BCUT2D eigenvalue weighted by Gasteiger charge is 2.26. The van der Waals surface area contributed by atoms with E-state index in [0.717, 1.165) is 55.6 Å². The van der Waals surface area contributed by atoms with Gasteiger partial charge < -0.3 is 15.1 Å². The number of pyridine rings is 1. The number of rotatable bonds is 5. The minimum atomic E-state index is 0.0929. The van der Waals surface area contributed by atoms with Crippen molar-refractivity contribution in [2.45, 2.75) is 32.1 Å². The van der Waals surface area contributed by atoms with Gasteiger partial charge in [0, 0.05) is 49.4 Å². The number of hydrogen-bond donors (Lipinski definition) is 1. The lowest BCUT2D eigenvalue weighted by molar-refractivity contribution is -0.125. The van der Waals surface area contributed by atoms with Gasteiger partial charge in [-0.3, -0.25) is 9.78 Å². The van der Waals surface area contributed by atoms with Crippen molar-refractivity contribution in [1.82, 2.24) is 15.2 Å². The number of piperidine rings is 2. The summed E-state index contributed by atoms with van der Waals surface area (Å²) in [5.41, 5.74) is 2.47. The van der Waals surface area contributed by atoms with Gasteiger partial charge in [0.1, 0.15) is 6.07 Å². The number of likely N-dealkylation sites (tertiary alicyclic amines) is 1. The second-order valence-corrected chi connectivity index (χ2v) is 8.10. The van der Waals surface area contributed by atoms with Crippen molar-refractivity contribution in [2.24, 2.45) is 5.92 Å². The van der Waals surface area contributed by atoms with Crippen LogP contribution < -0.4 is 10.2 Å². The molecule has 1 N–H and O–H groups in total. The molecule has 6 heteroatoms. The van der Waals surface area contributed by atoms with Gasteiger partial charge in [-0.05, 0) is 63.0 Å². The smallest absolute Gasteiger partial charge is 0.223 e. The van der Waals surface area contributed by atoms with Crippen molar-refractivity contribution in [1.29, 1.82) is 5.26 Å². The first-order valence-electron chi connectivity index (χ1n) is 10.8. The van der Waals surface area contributed by atoms with Crippen LogP contribution in [-0.2, 0) is 4.79 Å². The third-order valence-electron chi connectivity index (χ3n) is 6.25. The van der Waals surface area contributed by atoms with Crippen LogP contribution in [0.3, 0.4) is 0 Å². The van der Waals surface area contributed by atoms with Crippen molar-refractivity contribution in [2.75, 3.05) is 44.2 Å². The highest BCUT2D eigenvalue weighted by Crippen LogP contribution is 2.31. The zero-order valence-corrected chi connectivity index (χ0v) is 16.9. The molecule has 2 aliphatic rings. The van der Waals surface area contributed by atoms with Crippen molar-refractivity contribution < 1.29 is 4.79 Å². The van der Waals surface area contributed by atoms with Crippen LogP contribution in [0.2, 0.25) is 0 Å². The quantitative estimate of drug-likeness (QED) is 0.848. The predicted molar refractivity (Wildman–Crippen MR) is 115 cm³/mol. The van der Waals surface area contributed by atoms with Crippen LogP contribution in [0.4, 0.5) is 5.69 Å². The van der Waals surface area contributed by atoms with Crippen LogP contribution in [0.1, 0.15) is 37.7 Å². The van der Waals surface area contributed by atoms with E-state index in [1.807, 2.05) is 24.3 Å². The number of fused-ring (bicyclic) bond motifs is 1. The fourth-order valence-corrected chi connectivity index (χ4v) is 4.57. The van der Waals surface area contributed by atoms with Gasteiger partial charge in [0.15, 0.2) is 0 Å². The summed E-state index contributed by atoms with van der Waals surface area (Å²) in [6.45, 7) is 5.75. The number of nitriles is 1. The second kappa shape index (κ2) is 9.23. The predicted octanol–water partition coefficient (Wildman–Crippen LogP) is 2.92. The van der Waals surface area contributed by atoms with E-state index in [-0.39, 0.29) is 11.8 Å². The zero-order chi connectivity index (χ0) is 20.1. The van der Waals surface area contributed by atoms with Gasteiger partial charge in [-0.2, -0.15) is 5.26 Å². The Morgan fingerprint density at radius 2 is 1.93 bits per heavy atom. The minimum Gasteiger partial charge on any atom is -0.371 e. The van der Waals surface area contributed by atoms with Crippen LogP contribution in [-0.4, -0.2) is 55.1 Å². The minimum absolute atomic E-state index is 0.0929. The number of amides is 1. The summed E-state index contributed by atoms with van der Waals surface area (Å²) in [5, 5.41) is 13.5. The molecule has 2 fully saturated rings. The van der Waals surface area contributed by atoms with E-state index >= 15 is 0 Å². The summed E-state index contributed by atoms with van der Waals surface area (Å²) >= 11 is 0. The maximum atomic E-state index is 12.6. The first-order valence-corrected chi connectivity index (χ1v) is 10.8. The third kappa shape index (κ3) is 4.51. The number of hydrogen-bond acceptors (Lipinski definition) is 5. The Kier molecular flexibility index (Phi) is 6.26. The van der Waals surface area contributed by atoms with Crippen molar-refractivity contribution in [3.63, 3.8) is 0 Å². The summed E-state index contributed by atoms with van der Waals surface area (Å²) in [6, 6.07) is 10.0. The molecule has 0 bridgehead atoms. The molecule has 1 aromatic carbocycles. The van der Waals surface area contributed by atoms with Crippen molar-refractivity contribution in [3.05, 3.63) is 36.0 Å². The van der Waals surface area contributed by atoms with Gasteiger partial charge in [-0.15, -0.1) is 0 Å². The zero-order valence-electron chi connectivity index (χ0n) is 16.9. The number of aromatic nitrogens is 1. The maximum absolute atomic E-state index is 12.6. The fourth-order valence-electron chi connectivity index (χ4n) is 4.57. The molecule has 1 amide bonds. The summed E-state index contributed by atoms with van der Waals surface area (Å²) in [6.07, 6.45) is 7.35. The Labute approximate surface area is 172 Å². The highest BCUT2D eigenvalue weighted by atomic mass is 16.1. The Morgan fingerprint density at radius 1 is 1.14 bits per heavy atom. The van der Waals surface area contributed by atoms with Gasteiger partial charge in [0.05, 0.1) is 11.1 Å². The molecule has 2 aliphatic heterocycles.